The molecule has 22 heavy (non-hydrogen) atoms. The Balaban J connectivity index is 2.91. The van der Waals surface area contributed by atoms with Crippen LogP contribution in [0.2, 0.25) is 0 Å². The number of carbonyl (C=O) groups excluding carboxylic acids is 1. The van der Waals surface area contributed by atoms with E-state index in [4.69, 9.17) is 0 Å². The third kappa shape index (κ3) is 4.82. The molecule has 0 saturated heterocycles. The van der Waals surface area contributed by atoms with Gasteiger partial charge in [0, 0.05) is 13.1 Å². The number of carboxylic acids is 1. The molecule has 1 N–H and O–H groups in total. The third-order valence-electron chi connectivity index (χ3n) is 3.43. The first-order valence-electron chi connectivity index (χ1n) is 7.98. The summed E-state index contributed by atoms with van der Waals surface area (Å²) in [5.41, 5.74) is 0.495. The molecule has 0 radical (unpaired) electrons. The topological polar surface area (TPSA) is 88.3 Å². The van der Waals surface area contributed by atoms with Gasteiger partial charge in [0.1, 0.15) is 6.54 Å². The monoisotopic (exact) mass is 310 g/mol. The number of aromatic carboxylic acids is 1. The van der Waals surface area contributed by atoms with Gasteiger partial charge in [0.05, 0.1) is 5.69 Å². The molecule has 0 unspecified atom stereocenters. The molecule has 0 aliphatic rings. The molecule has 1 heterocycles. The fourth-order valence-corrected chi connectivity index (χ4v) is 2.35. The number of aromatic nitrogens is 3. The second-order valence-corrected chi connectivity index (χ2v) is 5.33. The molecule has 7 nitrogen and oxygen atoms in total. The van der Waals surface area contributed by atoms with Crippen LogP contribution in [0, 0.1) is 0 Å². The second kappa shape index (κ2) is 9.17. The Hall–Kier alpha value is -1.92. The zero-order chi connectivity index (χ0) is 16.5. The average molecular weight is 310 g/mol. The van der Waals surface area contributed by atoms with E-state index in [0.29, 0.717) is 25.2 Å². The number of carbonyl (C=O) groups is 2. The van der Waals surface area contributed by atoms with Crippen LogP contribution in [0.4, 0.5) is 0 Å². The number of carboxylic acid groups (broad SMARTS) is 1. The van der Waals surface area contributed by atoms with Crippen LogP contribution in [0.3, 0.4) is 0 Å². The van der Waals surface area contributed by atoms with Crippen molar-refractivity contribution in [3.05, 3.63) is 11.4 Å². The number of unbranched alkanes of at least 4 members (excludes halogenated alkanes) is 1. The lowest BCUT2D eigenvalue weighted by atomic mass is 10.1. The van der Waals surface area contributed by atoms with Crippen molar-refractivity contribution in [3.8, 4) is 0 Å². The van der Waals surface area contributed by atoms with Crippen molar-refractivity contribution < 1.29 is 14.7 Å². The first-order chi connectivity index (χ1) is 10.5. The normalized spacial score (nSPS) is 10.7. The van der Waals surface area contributed by atoms with Crippen LogP contribution in [0.1, 0.15) is 62.6 Å². The molecule has 7 heteroatoms. The quantitative estimate of drug-likeness (QED) is 0.713. The van der Waals surface area contributed by atoms with Gasteiger partial charge in [-0.1, -0.05) is 32.4 Å². The first kappa shape index (κ1) is 18.1. The van der Waals surface area contributed by atoms with Crippen LogP contribution < -0.4 is 0 Å². The number of amides is 1. The standard InChI is InChI=1S/C15H26N4O3/c1-4-7-8-12-14(15(21)22)16-17-19(12)11-13(20)18(9-5-2)10-6-3/h4-11H2,1-3H3,(H,21,22). The van der Waals surface area contributed by atoms with Crippen molar-refractivity contribution in [3.63, 3.8) is 0 Å². The van der Waals surface area contributed by atoms with E-state index in [1.165, 1.54) is 4.68 Å². The van der Waals surface area contributed by atoms with Gasteiger partial charge in [0.15, 0.2) is 5.69 Å². The highest BCUT2D eigenvalue weighted by atomic mass is 16.4. The van der Waals surface area contributed by atoms with Crippen LogP contribution >= 0.6 is 0 Å². The lowest BCUT2D eigenvalue weighted by Gasteiger charge is -2.21. The van der Waals surface area contributed by atoms with Crippen LogP contribution in [-0.2, 0) is 17.8 Å². The van der Waals surface area contributed by atoms with Crippen molar-refractivity contribution in [1.29, 1.82) is 0 Å². The van der Waals surface area contributed by atoms with Gasteiger partial charge < -0.3 is 10.0 Å². The van der Waals surface area contributed by atoms with Crippen molar-refractivity contribution in [2.24, 2.45) is 0 Å². The fourth-order valence-electron chi connectivity index (χ4n) is 2.35. The third-order valence-corrected chi connectivity index (χ3v) is 3.43. The van der Waals surface area contributed by atoms with E-state index < -0.39 is 5.97 Å². The summed E-state index contributed by atoms with van der Waals surface area (Å²) < 4.78 is 1.44. The van der Waals surface area contributed by atoms with E-state index >= 15 is 0 Å². The SMILES string of the molecule is CCCCc1c(C(=O)O)nnn1CC(=O)N(CCC)CCC. The molecular weight excluding hydrogens is 284 g/mol. The van der Waals surface area contributed by atoms with E-state index in [1.54, 1.807) is 4.90 Å². The van der Waals surface area contributed by atoms with Gasteiger partial charge in [0.25, 0.3) is 0 Å². The number of hydrogen-bond donors (Lipinski definition) is 1. The highest BCUT2D eigenvalue weighted by molar-refractivity contribution is 5.86. The molecule has 1 amide bonds. The van der Waals surface area contributed by atoms with Crippen molar-refractivity contribution >= 4 is 11.9 Å². The zero-order valence-electron chi connectivity index (χ0n) is 13.7. The molecule has 0 fully saturated rings. The van der Waals surface area contributed by atoms with E-state index in [-0.39, 0.29) is 18.1 Å². The minimum atomic E-state index is -1.09. The van der Waals surface area contributed by atoms with Crippen LogP contribution in [0.15, 0.2) is 0 Å². The summed E-state index contributed by atoms with van der Waals surface area (Å²) >= 11 is 0. The Morgan fingerprint density at radius 2 is 1.77 bits per heavy atom. The molecule has 124 valence electrons. The fraction of sp³-hybridized carbons (Fsp3) is 0.733. The van der Waals surface area contributed by atoms with Crippen LogP contribution in [0.5, 0.6) is 0 Å². The van der Waals surface area contributed by atoms with Gasteiger partial charge in [-0.3, -0.25) is 4.79 Å². The first-order valence-corrected chi connectivity index (χ1v) is 7.98. The van der Waals surface area contributed by atoms with Gasteiger partial charge in [-0.25, -0.2) is 9.48 Å². The largest absolute Gasteiger partial charge is 0.476 e. The van der Waals surface area contributed by atoms with Crippen molar-refractivity contribution in [2.45, 2.75) is 59.4 Å². The Bertz CT molecular complexity index is 493. The molecule has 0 aliphatic heterocycles. The van der Waals surface area contributed by atoms with Crippen molar-refractivity contribution in [1.82, 2.24) is 19.9 Å². The lowest BCUT2D eigenvalue weighted by Crippen LogP contribution is -2.35. The summed E-state index contributed by atoms with van der Waals surface area (Å²) in [7, 11) is 0. The van der Waals surface area contributed by atoms with E-state index in [1.807, 2.05) is 20.8 Å². The summed E-state index contributed by atoms with van der Waals surface area (Å²) in [6, 6.07) is 0. The maximum atomic E-state index is 12.4. The second-order valence-electron chi connectivity index (χ2n) is 5.33. The Kier molecular flexibility index (Phi) is 7.56. The summed E-state index contributed by atoms with van der Waals surface area (Å²) in [5.74, 6) is -1.13. The molecule has 1 aromatic rings. The van der Waals surface area contributed by atoms with E-state index in [2.05, 4.69) is 10.3 Å². The highest BCUT2D eigenvalue weighted by Crippen LogP contribution is 2.11. The smallest absolute Gasteiger partial charge is 0.358 e. The summed E-state index contributed by atoms with van der Waals surface area (Å²) in [6.45, 7) is 7.55. The molecule has 1 aromatic heterocycles. The van der Waals surface area contributed by atoms with Crippen molar-refractivity contribution in [2.75, 3.05) is 13.1 Å². The molecule has 0 saturated carbocycles. The van der Waals surface area contributed by atoms with Gasteiger partial charge in [0.2, 0.25) is 5.91 Å². The lowest BCUT2D eigenvalue weighted by molar-refractivity contribution is -0.132. The van der Waals surface area contributed by atoms with Crippen LogP contribution in [-0.4, -0.2) is 50.0 Å². The summed E-state index contributed by atoms with van der Waals surface area (Å²) in [4.78, 5) is 25.4. The predicted molar refractivity (Wildman–Crippen MR) is 82.8 cm³/mol. The Labute approximate surface area is 131 Å². The maximum absolute atomic E-state index is 12.4. The molecular formula is C15H26N4O3. The van der Waals surface area contributed by atoms with Gasteiger partial charge in [-0.2, -0.15) is 0 Å². The summed E-state index contributed by atoms with van der Waals surface area (Å²) in [5, 5.41) is 16.8. The molecule has 0 atom stereocenters. The molecule has 0 spiro atoms. The van der Waals surface area contributed by atoms with E-state index in [0.717, 1.165) is 25.7 Å². The minimum Gasteiger partial charge on any atom is -0.476 e. The zero-order valence-corrected chi connectivity index (χ0v) is 13.7. The predicted octanol–water partition coefficient (Wildman–Crippen LogP) is 1.97. The number of hydrogen-bond acceptors (Lipinski definition) is 4. The minimum absolute atomic E-state index is 0.0386. The molecule has 0 aliphatic carbocycles. The average Bonchev–Trinajstić information content (AvgIpc) is 2.87. The Morgan fingerprint density at radius 1 is 1.14 bits per heavy atom. The van der Waals surface area contributed by atoms with Gasteiger partial charge >= 0.3 is 5.97 Å². The van der Waals surface area contributed by atoms with Gasteiger partial charge in [-0.15, -0.1) is 5.10 Å². The van der Waals surface area contributed by atoms with E-state index in [9.17, 15) is 14.7 Å². The summed E-state index contributed by atoms with van der Waals surface area (Å²) in [6.07, 6.45) is 4.14. The van der Waals surface area contributed by atoms with Crippen LogP contribution in [0.25, 0.3) is 0 Å². The highest BCUT2D eigenvalue weighted by Gasteiger charge is 2.21. The maximum Gasteiger partial charge on any atom is 0.358 e. The number of nitrogens with zero attached hydrogens (tertiary/aromatic N) is 4. The molecule has 1 rings (SSSR count). The Morgan fingerprint density at radius 3 is 2.27 bits per heavy atom. The molecule has 0 bridgehead atoms. The number of rotatable bonds is 10. The van der Waals surface area contributed by atoms with Gasteiger partial charge in [-0.05, 0) is 25.7 Å². The molecule has 0 aromatic carbocycles.